The highest BCUT2D eigenvalue weighted by atomic mass is 16.5. The van der Waals surface area contributed by atoms with E-state index < -0.39 is 0 Å². The predicted molar refractivity (Wildman–Crippen MR) is 133 cm³/mol. The summed E-state index contributed by atoms with van der Waals surface area (Å²) in [5.41, 5.74) is 9.94. The van der Waals surface area contributed by atoms with Crippen LogP contribution >= 0.6 is 0 Å². The third-order valence-electron chi connectivity index (χ3n) is 6.67. The third-order valence-corrected chi connectivity index (χ3v) is 6.67. The molecule has 1 aromatic heterocycles. The van der Waals surface area contributed by atoms with E-state index in [1.54, 1.807) is 0 Å². The number of morpholine rings is 1. The van der Waals surface area contributed by atoms with Gasteiger partial charge in [0.05, 0.1) is 43.7 Å². The second-order valence-corrected chi connectivity index (χ2v) is 9.51. The van der Waals surface area contributed by atoms with Crippen LogP contribution in [-0.4, -0.2) is 65.2 Å². The van der Waals surface area contributed by atoms with Crippen molar-refractivity contribution in [1.82, 2.24) is 20.2 Å². The van der Waals surface area contributed by atoms with Crippen LogP contribution < -0.4 is 21.3 Å². The summed E-state index contributed by atoms with van der Waals surface area (Å²) in [6, 6.07) is 7.96. The second-order valence-electron chi connectivity index (χ2n) is 9.51. The zero-order valence-corrected chi connectivity index (χ0v) is 20.1. The number of urea groups is 1. The second kappa shape index (κ2) is 10.2. The predicted octanol–water partition coefficient (Wildman–Crippen LogP) is 2.23. The van der Waals surface area contributed by atoms with Gasteiger partial charge in [0.15, 0.2) is 0 Å². The molecule has 10 heteroatoms. The lowest BCUT2D eigenvalue weighted by atomic mass is 10.1. The van der Waals surface area contributed by atoms with E-state index in [4.69, 9.17) is 20.4 Å². The molecule has 2 aromatic rings. The molecule has 2 fully saturated rings. The van der Waals surface area contributed by atoms with Gasteiger partial charge in [-0.3, -0.25) is 4.79 Å². The van der Waals surface area contributed by atoms with E-state index in [1.807, 2.05) is 29.2 Å². The van der Waals surface area contributed by atoms with Gasteiger partial charge in [-0.25, -0.2) is 14.8 Å². The fraction of sp³-hybridized carbons (Fsp3) is 0.520. The van der Waals surface area contributed by atoms with E-state index in [9.17, 15) is 9.59 Å². The van der Waals surface area contributed by atoms with Crippen LogP contribution in [0.4, 0.5) is 16.4 Å². The Labute approximate surface area is 205 Å². The lowest BCUT2D eigenvalue weighted by molar-refractivity contribution is -0.131. The minimum Gasteiger partial charge on any atom is -0.377 e. The zero-order chi connectivity index (χ0) is 24.4. The topological polar surface area (TPSA) is 126 Å². The van der Waals surface area contributed by atoms with E-state index in [0.717, 1.165) is 47.6 Å². The molecule has 3 heterocycles. The van der Waals surface area contributed by atoms with E-state index in [2.05, 4.69) is 22.5 Å². The van der Waals surface area contributed by atoms with Crippen molar-refractivity contribution in [3.05, 3.63) is 35.5 Å². The largest absolute Gasteiger partial charge is 0.377 e. The maximum atomic E-state index is 12.7. The Morgan fingerprint density at radius 3 is 2.69 bits per heavy atom. The Bertz CT molecular complexity index is 1090. The number of nitrogens with zero attached hydrogens (tertiary/aromatic N) is 4. The van der Waals surface area contributed by atoms with Crippen LogP contribution in [0, 0.1) is 0 Å². The lowest BCUT2D eigenvalue weighted by Gasteiger charge is -2.33. The summed E-state index contributed by atoms with van der Waals surface area (Å²) in [6.45, 7) is 5.53. The van der Waals surface area contributed by atoms with E-state index in [1.165, 1.54) is 0 Å². The molecule has 0 spiro atoms. The molecule has 3 amide bonds. The summed E-state index contributed by atoms with van der Waals surface area (Å²) in [5.74, 6) is 0.749. The first-order valence-electron chi connectivity index (χ1n) is 12.4. The molecule has 4 N–H and O–H groups in total. The molecule has 1 aromatic carbocycles. The van der Waals surface area contributed by atoms with Gasteiger partial charge in [0.1, 0.15) is 0 Å². The summed E-state index contributed by atoms with van der Waals surface area (Å²) in [7, 11) is 0. The number of aromatic nitrogens is 2. The highest BCUT2D eigenvalue weighted by molar-refractivity contribution is 5.90. The molecule has 10 nitrogen and oxygen atoms in total. The van der Waals surface area contributed by atoms with Gasteiger partial charge in [-0.05, 0) is 44.9 Å². The van der Waals surface area contributed by atoms with Crippen LogP contribution in [-0.2, 0) is 22.6 Å². The number of amides is 3. The van der Waals surface area contributed by atoms with Crippen LogP contribution in [0.1, 0.15) is 43.9 Å². The number of nitrogens with two attached hydrogens (primary N) is 1. The molecular weight excluding hydrogens is 446 g/mol. The van der Waals surface area contributed by atoms with Gasteiger partial charge in [0.2, 0.25) is 11.9 Å². The van der Waals surface area contributed by atoms with Crippen molar-refractivity contribution in [2.75, 3.05) is 36.5 Å². The minimum atomic E-state index is -0.182. The molecule has 1 atom stereocenters. The first-order valence-corrected chi connectivity index (χ1v) is 12.4. The Hall–Kier alpha value is -3.24. The number of carbonyl (C=O) groups excluding carboxylic acids is 2. The first kappa shape index (κ1) is 23.5. The number of anilines is 2. The first-order chi connectivity index (χ1) is 17.0. The Kier molecular flexibility index (Phi) is 6.83. The van der Waals surface area contributed by atoms with Crippen molar-refractivity contribution < 1.29 is 14.3 Å². The van der Waals surface area contributed by atoms with E-state index in [0.29, 0.717) is 57.7 Å². The average Bonchev–Trinajstić information content (AvgIpc) is 3.56. The van der Waals surface area contributed by atoms with Gasteiger partial charge < -0.3 is 30.9 Å². The minimum absolute atomic E-state index is 0.0851. The molecular formula is C25H33N7O3. The third kappa shape index (κ3) is 5.38. The Morgan fingerprint density at radius 1 is 1.17 bits per heavy atom. The Morgan fingerprint density at radius 2 is 1.97 bits per heavy atom. The van der Waals surface area contributed by atoms with Crippen molar-refractivity contribution in [3.8, 4) is 11.3 Å². The number of carbonyl (C=O) groups is 2. The molecule has 35 heavy (non-hydrogen) atoms. The molecule has 1 saturated carbocycles. The van der Waals surface area contributed by atoms with Gasteiger partial charge in [-0.15, -0.1) is 0 Å². The van der Waals surface area contributed by atoms with Crippen molar-refractivity contribution in [2.24, 2.45) is 5.73 Å². The normalized spacial score (nSPS) is 19.4. The number of hydrogen-bond acceptors (Lipinski definition) is 7. The number of rotatable bonds is 7. The van der Waals surface area contributed by atoms with Gasteiger partial charge in [0, 0.05) is 35.8 Å². The quantitative estimate of drug-likeness (QED) is 0.556. The van der Waals surface area contributed by atoms with Crippen LogP contribution in [0.15, 0.2) is 24.3 Å². The van der Waals surface area contributed by atoms with Gasteiger partial charge in [-0.1, -0.05) is 12.1 Å². The fourth-order valence-corrected chi connectivity index (χ4v) is 4.51. The molecule has 5 rings (SSSR count). The van der Waals surface area contributed by atoms with E-state index in [-0.39, 0.29) is 18.0 Å². The zero-order valence-electron chi connectivity index (χ0n) is 20.1. The molecule has 3 aliphatic rings. The van der Waals surface area contributed by atoms with Crippen LogP contribution in [0.5, 0.6) is 0 Å². The number of fused-ring (bicyclic) bond motifs is 1. The molecule has 186 valence electrons. The maximum Gasteiger partial charge on any atom is 0.319 e. The summed E-state index contributed by atoms with van der Waals surface area (Å²) < 4.78 is 5.60. The summed E-state index contributed by atoms with van der Waals surface area (Å²) in [6.07, 6.45) is 3.19. The molecule has 0 radical (unpaired) electrons. The SMILES string of the molecule is C[C@H]1COCCN1c1nc2c(c(-c3ccc(NC(=O)NC4CC4)cc3)n1)CN(C(=O)CCCN)C2. The standard InChI is InChI=1S/C25H33N7O3/c1-16-15-35-12-11-32(16)24-29-21-14-31(22(33)3-2-10-26)13-20(21)23(30-24)17-4-6-18(7-5-17)27-25(34)28-19-8-9-19/h4-7,16,19H,2-3,8-15,26H2,1H3,(H2,27,28,34)/t16-/m0/s1. The van der Waals surface area contributed by atoms with Crippen molar-refractivity contribution in [3.63, 3.8) is 0 Å². The van der Waals surface area contributed by atoms with Gasteiger partial charge in [-0.2, -0.15) is 0 Å². The number of ether oxygens (including phenoxy) is 1. The summed E-state index contributed by atoms with van der Waals surface area (Å²) in [4.78, 5) is 38.7. The highest BCUT2D eigenvalue weighted by Crippen LogP contribution is 2.34. The number of nitrogens with one attached hydrogen (secondary N) is 2. The average molecular weight is 480 g/mol. The molecule has 1 aliphatic carbocycles. The summed E-state index contributed by atoms with van der Waals surface area (Å²) in [5, 5.41) is 5.82. The summed E-state index contributed by atoms with van der Waals surface area (Å²) >= 11 is 0. The van der Waals surface area contributed by atoms with Crippen LogP contribution in [0.25, 0.3) is 11.3 Å². The highest BCUT2D eigenvalue weighted by Gasteiger charge is 2.31. The molecule has 0 unspecified atom stereocenters. The molecule has 1 saturated heterocycles. The maximum absolute atomic E-state index is 12.7. The Balaban J connectivity index is 1.42. The van der Waals surface area contributed by atoms with E-state index >= 15 is 0 Å². The van der Waals surface area contributed by atoms with Crippen molar-refractivity contribution >= 4 is 23.6 Å². The smallest absolute Gasteiger partial charge is 0.319 e. The van der Waals surface area contributed by atoms with Crippen LogP contribution in [0.3, 0.4) is 0 Å². The van der Waals surface area contributed by atoms with Crippen molar-refractivity contribution in [2.45, 2.75) is 57.8 Å². The van der Waals surface area contributed by atoms with Gasteiger partial charge in [0.25, 0.3) is 0 Å². The number of hydrogen-bond donors (Lipinski definition) is 3. The monoisotopic (exact) mass is 479 g/mol. The molecule has 0 bridgehead atoms. The lowest BCUT2D eigenvalue weighted by Crippen LogP contribution is -2.44. The molecule has 2 aliphatic heterocycles. The van der Waals surface area contributed by atoms with Gasteiger partial charge >= 0.3 is 6.03 Å². The fourth-order valence-electron chi connectivity index (χ4n) is 4.51. The number of benzene rings is 1. The van der Waals surface area contributed by atoms with Crippen molar-refractivity contribution in [1.29, 1.82) is 0 Å². The van der Waals surface area contributed by atoms with Crippen LogP contribution in [0.2, 0.25) is 0 Å².